The fraction of sp³-hybridized carbons (Fsp3) is 0.200. The van der Waals surface area contributed by atoms with Gasteiger partial charge in [0.1, 0.15) is 10.1 Å². The molecule has 0 radical (unpaired) electrons. The summed E-state index contributed by atoms with van der Waals surface area (Å²) in [6.45, 7) is 1.82. The van der Waals surface area contributed by atoms with Gasteiger partial charge in [0.15, 0.2) is 11.7 Å². The van der Waals surface area contributed by atoms with Gasteiger partial charge in [0.2, 0.25) is 0 Å². The summed E-state index contributed by atoms with van der Waals surface area (Å²) in [6.07, 6.45) is 2.51. The van der Waals surface area contributed by atoms with E-state index in [9.17, 15) is 22.6 Å². The zero-order valence-corrected chi connectivity index (χ0v) is 14.5. The number of aliphatic carboxylic acids is 1. The molecule has 0 spiro atoms. The van der Waals surface area contributed by atoms with Gasteiger partial charge in [-0.3, -0.25) is 4.98 Å². The first-order chi connectivity index (χ1) is 12.0. The maximum absolute atomic E-state index is 10.7. The van der Waals surface area contributed by atoms with Gasteiger partial charge < -0.3 is 20.5 Å². The second kappa shape index (κ2) is 8.99. The molecule has 0 aliphatic rings. The molecule has 1 atom stereocenters. The molecule has 0 aliphatic heterocycles. The van der Waals surface area contributed by atoms with Crippen LogP contribution in [-0.2, 0) is 21.3 Å². The molecule has 0 saturated carbocycles. The van der Waals surface area contributed by atoms with Crippen LogP contribution in [0, 0.1) is 6.92 Å². The monoisotopic (exact) mass is 383 g/mol. The average Bonchev–Trinajstić information content (AvgIpc) is 2.55. The third-order valence-corrected chi connectivity index (χ3v) is 3.92. The van der Waals surface area contributed by atoms with Crippen molar-refractivity contribution in [3.8, 4) is 0 Å². The highest BCUT2D eigenvalue weighted by molar-refractivity contribution is 7.85. The third kappa shape index (κ3) is 6.55. The summed E-state index contributed by atoms with van der Waals surface area (Å²) < 4.78 is 31.2. The zero-order chi connectivity index (χ0) is 19.9. The minimum absolute atomic E-state index is 0.0508. The summed E-state index contributed by atoms with van der Waals surface area (Å²) in [5.74, 6) is -2.33. The molecule has 1 aromatic carbocycles. The summed E-state index contributed by atoms with van der Waals surface area (Å²) in [7, 11) is -4.27. The Hall–Kier alpha value is -2.89. The highest BCUT2D eigenvalue weighted by Gasteiger charge is 2.21. The lowest BCUT2D eigenvalue weighted by atomic mass is 10.1. The minimum atomic E-state index is -4.27. The van der Waals surface area contributed by atoms with Crippen molar-refractivity contribution < 1.29 is 38.5 Å². The van der Waals surface area contributed by atoms with Gasteiger partial charge in [0, 0.05) is 12.4 Å². The number of benzene rings is 1. The molecular weight excluding hydrogens is 366 g/mol. The number of hydrogen-bond donors (Lipinski definition) is 3. The van der Waals surface area contributed by atoms with Crippen molar-refractivity contribution in [2.24, 2.45) is 0 Å². The van der Waals surface area contributed by atoms with E-state index in [0.717, 1.165) is 5.56 Å². The first-order valence-electron chi connectivity index (χ1n) is 7.14. The third-order valence-electron chi connectivity index (χ3n) is 3.08. The summed E-state index contributed by atoms with van der Waals surface area (Å²) in [5, 5.41) is 17.4. The summed E-state index contributed by atoms with van der Waals surface area (Å²) in [6, 6.07) is 4.85. The highest BCUT2D eigenvalue weighted by Crippen LogP contribution is 2.08. The fourth-order valence-corrected chi connectivity index (χ4v) is 2.19. The first kappa shape index (κ1) is 21.2. The van der Waals surface area contributed by atoms with E-state index in [-0.39, 0.29) is 22.7 Å². The molecule has 0 bridgehead atoms. The van der Waals surface area contributed by atoms with Crippen molar-refractivity contribution >= 4 is 22.1 Å². The topological polar surface area (TPSA) is 185 Å². The molecule has 0 saturated heterocycles. The SMILES string of the molecule is Cc1ccc(S(=O)(=O)[O-])cc1.[NH3+][C@@H](Cc1nccnc1C(=O)O)C(=O)O. The molecule has 1 aromatic heterocycles. The van der Waals surface area contributed by atoms with E-state index in [0.29, 0.717) is 0 Å². The van der Waals surface area contributed by atoms with Crippen LogP contribution >= 0.6 is 0 Å². The molecule has 0 amide bonds. The Labute approximate surface area is 149 Å². The average molecular weight is 383 g/mol. The van der Waals surface area contributed by atoms with Gasteiger partial charge in [-0.1, -0.05) is 17.7 Å². The molecular formula is C15H17N3O7S. The number of aryl methyl sites for hydroxylation is 1. The molecule has 140 valence electrons. The first-order valence-corrected chi connectivity index (χ1v) is 8.54. The van der Waals surface area contributed by atoms with Gasteiger partial charge in [0.25, 0.3) is 0 Å². The van der Waals surface area contributed by atoms with E-state index in [1.165, 1.54) is 24.5 Å². The molecule has 10 nitrogen and oxygen atoms in total. The Morgan fingerprint density at radius 3 is 2.15 bits per heavy atom. The molecule has 0 fully saturated rings. The van der Waals surface area contributed by atoms with E-state index in [1.807, 2.05) is 6.92 Å². The standard InChI is InChI=1S/C8H9N3O4.C7H8O3S/c9-4(7(12)13)3-5-6(8(14)15)11-2-1-10-5;1-6-2-4-7(5-3-6)11(8,9)10/h1-2,4H,3,9H2,(H,12,13)(H,14,15);2-5H,1H3,(H,8,9,10)/t4-;/m0./s1. The Morgan fingerprint density at radius 1 is 1.15 bits per heavy atom. The number of rotatable bonds is 5. The van der Waals surface area contributed by atoms with Crippen LogP contribution in [0.2, 0.25) is 0 Å². The summed E-state index contributed by atoms with van der Waals surface area (Å²) in [4.78, 5) is 28.4. The van der Waals surface area contributed by atoms with Gasteiger partial charge in [-0.2, -0.15) is 0 Å². The van der Waals surface area contributed by atoms with E-state index < -0.39 is 28.1 Å². The Morgan fingerprint density at radius 2 is 1.69 bits per heavy atom. The van der Waals surface area contributed by atoms with Gasteiger partial charge >= 0.3 is 11.9 Å². The maximum atomic E-state index is 10.7. The van der Waals surface area contributed by atoms with E-state index >= 15 is 0 Å². The maximum Gasteiger partial charge on any atom is 0.362 e. The largest absolute Gasteiger partial charge is 0.744 e. The van der Waals surface area contributed by atoms with E-state index in [2.05, 4.69) is 15.7 Å². The van der Waals surface area contributed by atoms with Crippen molar-refractivity contribution in [1.82, 2.24) is 9.97 Å². The molecule has 1 heterocycles. The number of carboxylic acid groups (broad SMARTS) is 2. The van der Waals surface area contributed by atoms with Gasteiger partial charge in [-0.05, 0) is 19.1 Å². The number of carbonyl (C=O) groups is 2. The molecule has 2 aromatic rings. The number of nitrogens with zero attached hydrogens (tertiary/aromatic N) is 2. The zero-order valence-electron chi connectivity index (χ0n) is 13.7. The Kier molecular flexibility index (Phi) is 7.31. The van der Waals surface area contributed by atoms with Crippen molar-refractivity contribution in [1.29, 1.82) is 0 Å². The van der Waals surface area contributed by atoms with Gasteiger partial charge in [0.05, 0.1) is 17.0 Å². The fourth-order valence-electron chi connectivity index (χ4n) is 1.72. The van der Waals surface area contributed by atoms with Crippen LogP contribution in [0.5, 0.6) is 0 Å². The van der Waals surface area contributed by atoms with E-state index in [1.54, 1.807) is 12.1 Å². The van der Waals surface area contributed by atoms with Gasteiger partial charge in [-0.25, -0.2) is 23.0 Å². The highest BCUT2D eigenvalue weighted by atomic mass is 32.2. The van der Waals surface area contributed by atoms with Crippen LogP contribution in [0.4, 0.5) is 0 Å². The van der Waals surface area contributed by atoms with E-state index in [4.69, 9.17) is 10.2 Å². The molecule has 0 unspecified atom stereocenters. The second-order valence-electron chi connectivity index (χ2n) is 5.16. The lowest BCUT2D eigenvalue weighted by Crippen LogP contribution is -2.66. The predicted molar refractivity (Wildman–Crippen MR) is 86.1 cm³/mol. The van der Waals surface area contributed by atoms with Crippen molar-refractivity contribution in [2.75, 3.05) is 0 Å². The minimum Gasteiger partial charge on any atom is -0.744 e. The number of hydrogen-bond acceptors (Lipinski definition) is 7. The number of quaternary nitrogens is 1. The lowest BCUT2D eigenvalue weighted by Gasteiger charge is -2.05. The lowest BCUT2D eigenvalue weighted by molar-refractivity contribution is -0.407. The Bertz CT molecular complexity index is 882. The quantitative estimate of drug-likeness (QED) is 0.562. The number of carboxylic acids is 2. The molecule has 0 aliphatic carbocycles. The smallest absolute Gasteiger partial charge is 0.362 e. The van der Waals surface area contributed by atoms with Crippen LogP contribution in [-0.4, -0.2) is 51.1 Å². The summed E-state index contributed by atoms with van der Waals surface area (Å²) in [5.41, 5.74) is 4.20. The van der Waals surface area contributed by atoms with Crippen molar-refractivity contribution in [2.45, 2.75) is 24.3 Å². The molecule has 11 heteroatoms. The molecule has 5 N–H and O–H groups in total. The Balaban J connectivity index is 0.000000273. The van der Waals surface area contributed by atoms with Crippen molar-refractivity contribution in [3.05, 3.63) is 53.6 Å². The number of aromatic carboxylic acids is 1. The van der Waals surface area contributed by atoms with Crippen LogP contribution in [0.3, 0.4) is 0 Å². The normalized spacial score (nSPS) is 11.8. The van der Waals surface area contributed by atoms with Crippen LogP contribution < -0.4 is 5.73 Å². The van der Waals surface area contributed by atoms with Crippen LogP contribution in [0.1, 0.15) is 21.7 Å². The van der Waals surface area contributed by atoms with Gasteiger partial charge in [-0.15, -0.1) is 0 Å². The second-order valence-corrected chi connectivity index (χ2v) is 6.54. The van der Waals surface area contributed by atoms with Crippen LogP contribution in [0.25, 0.3) is 0 Å². The molecule has 2 rings (SSSR count). The summed E-state index contributed by atoms with van der Waals surface area (Å²) >= 11 is 0. The molecule has 26 heavy (non-hydrogen) atoms. The van der Waals surface area contributed by atoms with Crippen molar-refractivity contribution in [3.63, 3.8) is 0 Å². The number of aromatic nitrogens is 2. The predicted octanol–water partition coefficient (Wildman–Crippen LogP) is -0.688. The van der Waals surface area contributed by atoms with Crippen LogP contribution in [0.15, 0.2) is 41.6 Å².